The van der Waals surface area contributed by atoms with E-state index in [0.29, 0.717) is 5.41 Å². The standard InChI is InChI=1S/C13H23N3/c1-4-6-11-10(2)15-12(16-11)13(9-14-3)7-5-8-13/h14H,4-9H2,1-3H3,(H,15,16). The second-order valence-electron chi connectivity index (χ2n) is 5.07. The summed E-state index contributed by atoms with van der Waals surface area (Å²) in [4.78, 5) is 8.32. The van der Waals surface area contributed by atoms with E-state index in [4.69, 9.17) is 4.98 Å². The van der Waals surface area contributed by atoms with Gasteiger partial charge in [-0.05, 0) is 33.2 Å². The summed E-state index contributed by atoms with van der Waals surface area (Å²) in [6.07, 6.45) is 6.14. The summed E-state index contributed by atoms with van der Waals surface area (Å²) >= 11 is 0. The van der Waals surface area contributed by atoms with Gasteiger partial charge in [-0.25, -0.2) is 4.98 Å². The van der Waals surface area contributed by atoms with Gasteiger partial charge in [0.15, 0.2) is 0 Å². The van der Waals surface area contributed by atoms with Crippen molar-refractivity contribution in [3.63, 3.8) is 0 Å². The van der Waals surface area contributed by atoms with Gasteiger partial charge in [0.2, 0.25) is 0 Å². The van der Waals surface area contributed by atoms with Gasteiger partial charge in [-0.3, -0.25) is 0 Å². The number of hydrogen-bond donors (Lipinski definition) is 2. The van der Waals surface area contributed by atoms with E-state index < -0.39 is 0 Å². The van der Waals surface area contributed by atoms with Crippen molar-refractivity contribution >= 4 is 0 Å². The van der Waals surface area contributed by atoms with E-state index in [0.717, 1.165) is 13.0 Å². The van der Waals surface area contributed by atoms with Crippen molar-refractivity contribution in [1.29, 1.82) is 0 Å². The van der Waals surface area contributed by atoms with Crippen molar-refractivity contribution < 1.29 is 0 Å². The number of aryl methyl sites for hydroxylation is 2. The first-order chi connectivity index (χ1) is 7.72. The summed E-state index contributed by atoms with van der Waals surface area (Å²) < 4.78 is 0. The minimum atomic E-state index is 0.297. The summed E-state index contributed by atoms with van der Waals surface area (Å²) in [6, 6.07) is 0. The number of rotatable bonds is 5. The highest BCUT2D eigenvalue weighted by Gasteiger charge is 2.40. The Kier molecular flexibility index (Phi) is 3.33. The molecule has 1 fully saturated rings. The van der Waals surface area contributed by atoms with E-state index >= 15 is 0 Å². The van der Waals surface area contributed by atoms with Gasteiger partial charge in [-0.15, -0.1) is 0 Å². The van der Waals surface area contributed by atoms with Crippen molar-refractivity contribution in [2.45, 2.75) is 51.4 Å². The largest absolute Gasteiger partial charge is 0.345 e. The Bertz CT molecular complexity index is 350. The highest BCUT2D eigenvalue weighted by molar-refractivity contribution is 5.22. The number of aromatic nitrogens is 2. The average molecular weight is 221 g/mol. The van der Waals surface area contributed by atoms with Crippen LogP contribution in [0.4, 0.5) is 0 Å². The average Bonchev–Trinajstić information content (AvgIpc) is 2.55. The molecule has 0 bridgehead atoms. The molecule has 3 heteroatoms. The van der Waals surface area contributed by atoms with E-state index in [1.165, 1.54) is 42.9 Å². The smallest absolute Gasteiger partial charge is 0.114 e. The van der Waals surface area contributed by atoms with Crippen LogP contribution in [0.5, 0.6) is 0 Å². The molecule has 2 rings (SSSR count). The van der Waals surface area contributed by atoms with Gasteiger partial charge in [0.1, 0.15) is 5.82 Å². The predicted molar refractivity (Wildman–Crippen MR) is 66.8 cm³/mol. The number of likely N-dealkylation sites (N-methyl/N-ethyl adjacent to an activating group) is 1. The molecule has 1 aromatic rings. The molecule has 16 heavy (non-hydrogen) atoms. The van der Waals surface area contributed by atoms with Gasteiger partial charge in [-0.2, -0.15) is 0 Å². The van der Waals surface area contributed by atoms with Crippen LogP contribution in [0.1, 0.15) is 49.8 Å². The van der Waals surface area contributed by atoms with Crippen molar-refractivity contribution in [1.82, 2.24) is 15.3 Å². The van der Waals surface area contributed by atoms with Gasteiger partial charge in [0.05, 0.1) is 5.69 Å². The third kappa shape index (κ3) is 1.88. The molecule has 1 saturated carbocycles. The SMILES string of the molecule is CCCc1nc(C2(CNC)CCC2)[nH]c1C. The number of H-pyrrole nitrogens is 1. The zero-order chi connectivity index (χ0) is 11.6. The van der Waals surface area contributed by atoms with Crippen LogP contribution in [0.2, 0.25) is 0 Å². The first kappa shape index (κ1) is 11.6. The van der Waals surface area contributed by atoms with E-state index in [-0.39, 0.29) is 0 Å². The number of nitrogens with one attached hydrogen (secondary N) is 2. The van der Waals surface area contributed by atoms with Crippen LogP contribution in [0.3, 0.4) is 0 Å². The Morgan fingerprint density at radius 1 is 1.44 bits per heavy atom. The van der Waals surface area contributed by atoms with Crippen LogP contribution in [0.25, 0.3) is 0 Å². The summed E-state index contributed by atoms with van der Waals surface area (Å²) in [5.41, 5.74) is 2.82. The number of imidazole rings is 1. The van der Waals surface area contributed by atoms with Crippen molar-refractivity contribution in [2.75, 3.05) is 13.6 Å². The fourth-order valence-corrected chi connectivity index (χ4v) is 2.67. The molecule has 1 aliphatic rings. The topological polar surface area (TPSA) is 40.7 Å². The third-order valence-corrected chi connectivity index (χ3v) is 3.80. The Hall–Kier alpha value is -0.830. The first-order valence-corrected chi connectivity index (χ1v) is 6.42. The fourth-order valence-electron chi connectivity index (χ4n) is 2.67. The van der Waals surface area contributed by atoms with Gasteiger partial charge in [-0.1, -0.05) is 19.8 Å². The minimum absolute atomic E-state index is 0.297. The van der Waals surface area contributed by atoms with Crippen LogP contribution >= 0.6 is 0 Å². The van der Waals surface area contributed by atoms with Crippen molar-refractivity contribution in [2.24, 2.45) is 0 Å². The zero-order valence-corrected chi connectivity index (χ0v) is 10.7. The highest BCUT2D eigenvalue weighted by Crippen LogP contribution is 2.42. The predicted octanol–water partition coefficient (Wildman–Crippen LogP) is 2.31. The highest BCUT2D eigenvalue weighted by atomic mass is 15.0. The second kappa shape index (κ2) is 4.58. The maximum Gasteiger partial charge on any atom is 0.114 e. The molecule has 0 spiro atoms. The summed E-state index contributed by atoms with van der Waals surface area (Å²) in [6.45, 7) is 5.40. The molecule has 0 radical (unpaired) electrons. The number of aromatic amines is 1. The normalized spacial score (nSPS) is 18.4. The Morgan fingerprint density at radius 2 is 2.19 bits per heavy atom. The molecule has 0 aromatic carbocycles. The third-order valence-electron chi connectivity index (χ3n) is 3.80. The Balaban J connectivity index is 2.22. The van der Waals surface area contributed by atoms with Crippen molar-refractivity contribution in [3.8, 4) is 0 Å². The maximum absolute atomic E-state index is 4.82. The van der Waals surface area contributed by atoms with Crippen LogP contribution in [-0.2, 0) is 11.8 Å². The number of hydrogen-bond acceptors (Lipinski definition) is 2. The Morgan fingerprint density at radius 3 is 2.69 bits per heavy atom. The lowest BCUT2D eigenvalue weighted by molar-refractivity contribution is 0.226. The molecular weight excluding hydrogens is 198 g/mol. The minimum Gasteiger partial charge on any atom is -0.345 e. The summed E-state index contributed by atoms with van der Waals surface area (Å²) in [5, 5.41) is 3.31. The summed E-state index contributed by atoms with van der Waals surface area (Å²) in [7, 11) is 2.03. The lowest BCUT2D eigenvalue weighted by atomic mass is 9.68. The molecule has 90 valence electrons. The van der Waals surface area contributed by atoms with Crippen LogP contribution in [0.15, 0.2) is 0 Å². The molecule has 0 unspecified atom stereocenters. The van der Waals surface area contributed by atoms with Gasteiger partial charge < -0.3 is 10.3 Å². The molecule has 0 amide bonds. The molecule has 0 saturated heterocycles. The molecule has 2 N–H and O–H groups in total. The molecule has 1 aliphatic carbocycles. The van der Waals surface area contributed by atoms with Crippen molar-refractivity contribution in [3.05, 3.63) is 17.2 Å². The fraction of sp³-hybridized carbons (Fsp3) is 0.769. The van der Waals surface area contributed by atoms with Gasteiger partial charge in [0.25, 0.3) is 0 Å². The van der Waals surface area contributed by atoms with E-state index in [9.17, 15) is 0 Å². The van der Waals surface area contributed by atoms with Crippen LogP contribution in [0, 0.1) is 6.92 Å². The second-order valence-corrected chi connectivity index (χ2v) is 5.07. The molecule has 1 aromatic heterocycles. The lowest BCUT2D eigenvalue weighted by Gasteiger charge is -2.40. The molecule has 1 heterocycles. The van der Waals surface area contributed by atoms with Gasteiger partial charge in [0, 0.05) is 17.7 Å². The van der Waals surface area contributed by atoms with E-state index in [1.54, 1.807) is 0 Å². The van der Waals surface area contributed by atoms with Crippen LogP contribution < -0.4 is 5.32 Å². The number of nitrogens with zero attached hydrogens (tertiary/aromatic N) is 1. The quantitative estimate of drug-likeness (QED) is 0.801. The van der Waals surface area contributed by atoms with Gasteiger partial charge >= 0.3 is 0 Å². The summed E-state index contributed by atoms with van der Waals surface area (Å²) in [5.74, 6) is 1.22. The molecular formula is C13H23N3. The zero-order valence-electron chi connectivity index (χ0n) is 10.7. The molecule has 0 aliphatic heterocycles. The first-order valence-electron chi connectivity index (χ1n) is 6.42. The van der Waals surface area contributed by atoms with E-state index in [1.807, 2.05) is 7.05 Å². The molecule has 3 nitrogen and oxygen atoms in total. The monoisotopic (exact) mass is 221 g/mol. The molecule has 0 atom stereocenters. The maximum atomic E-state index is 4.82. The Labute approximate surface area is 98.1 Å². The lowest BCUT2D eigenvalue weighted by Crippen LogP contribution is -2.43. The van der Waals surface area contributed by atoms with Crippen LogP contribution in [-0.4, -0.2) is 23.6 Å². The van der Waals surface area contributed by atoms with E-state index in [2.05, 4.69) is 24.1 Å².